The summed E-state index contributed by atoms with van der Waals surface area (Å²) in [6.07, 6.45) is 2.12. The molecule has 0 aromatic heterocycles. The second-order valence-corrected chi connectivity index (χ2v) is 5.19. The van der Waals surface area contributed by atoms with E-state index in [0.717, 1.165) is 6.42 Å². The van der Waals surface area contributed by atoms with E-state index in [1.54, 1.807) is 24.3 Å². The van der Waals surface area contributed by atoms with Gasteiger partial charge in [-0.1, -0.05) is 18.0 Å². The van der Waals surface area contributed by atoms with E-state index in [9.17, 15) is 9.59 Å². The summed E-state index contributed by atoms with van der Waals surface area (Å²) in [6.45, 7) is 0.155. The van der Waals surface area contributed by atoms with Gasteiger partial charge in [0, 0.05) is 17.3 Å². The van der Waals surface area contributed by atoms with Crippen molar-refractivity contribution in [3.8, 4) is 0 Å². The molecule has 0 aliphatic heterocycles. The second kappa shape index (κ2) is 5.48. The number of nitrogens with one attached hydrogen (secondary N) is 2. The fourth-order valence-corrected chi connectivity index (χ4v) is 2.15. The van der Waals surface area contributed by atoms with Crippen molar-refractivity contribution in [1.29, 1.82) is 0 Å². The monoisotopic (exact) mass is 282 g/mol. The van der Waals surface area contributed by atoms with Crippen LogP contribution in [0.3, 0.4) is 0 Å². The lowest BCUT2D eigenvalue weighted by atomic mass is 9.69. The number of hydrogen-bond donors (Lipinski definition) is 3. The van der Waals surface area contributed by atoms with Gasteiger partial charge in [0.1, 0.15) is 0 Å². The summed E-state index contributed by atoms with van der Waals surface area (Å²) >= 11 is 5.74. The third-order valence-electron chi connectivity index (χ3n) is 3.45. The molecule has 0 unspecified atom stereocenters. The molecule has 5 nitrogen and oxygen atoms in total. The molecule has 0 atom stereocenters. The molecule has 2 rings (SSSR count). The minimum atomic E-state index is -0.842. The summed E-state index contributed by atoms with van der Waals surface area (Å²) in [5.41, 5.74) is -0.169. The highest BCUT2D eigenvalue weighted by molar-refractivity contribution is 6.30. The van der Waals surface area contributed by atoms with Gasteiger partial charge >= 0.3 is 12.0 Å². The maximum Gasteiger partial charge on any atom is 0.319 e. The first-order valence-corrected chi connectivity index (χ1v) is 6.43. The average Bonchev–Trinajstić information content (AvgIpc) is 2.30. The van der Waals surface area contributed by atoms with Crippen molar-refractivity contribution in [3.63, 3.8) is 0 Å². The molecule has 1 fully saturated rings. The summed E-state index contributed by atoms with van der Waals surface area (Å²) < 4.78 is 0. The molecule has 0 bridgehead atoms. The van der Waals surface area contributed by atoms with Crippen LogP contribution >= 0.6 is 11.6 Å². The Balaban J connectivity index is 1.85. The van der Waals surface area contributed by atoms with Crippen LogP contribution in [0.2, 0.25) is 5.02 Å². The van der Waals surface area contributed by atoms with E-state index in [2.05, 4.69) is 10.6 Å². The standard InChI is InChI=1S/C13H15ClN2O3/c14-9-2-4-10(5-3-9)16-12(19)15-8-13(11(17)18)6-1-7-13/h2-5H,1,6-8H2,(H,17,18)(H2,15,16,19). The Labute approximate surface area is 116 Å². The van der Waals surface area contributed by atoms with Gasteiger partial charge in [-0.25, -0.2) is 4.79 Å². The maximum atomic E-state index is 11.7. The first kappa shape index (κ1) is 13.7. The van der Waals surface area contributed by atoms with Crippen LogP contribution in [0.1, 0.15) is 19.3 Å². The molecular formula is C13H15ClN2O3. The van der Waals surface area contributed by atoms with Crippen LogP contribution in [0.25, 0.3) is 0 Å². The van der Waals surface area contributed by atoms with Crippen LogP contribution < -0.4 is 10.6 Å². The summed E-state index contributed by atoms with van der Waals surface area (Å²) in [7, 11) is 0. The molecule has 102 valence electrons. The topological polar surface area (TPSA) is 78.4 Å². The number of carbonyl (C=O) groups excluding carboxylic acids is 1. The van der Waals surface area contributed by atoms with Gasteiger partial charge in [-0.2, -0.15) is 0 Å². The Bertz CT molecular complexity index is 483. The van der Waals surface area contributed by atoms with Crippen molar-refractivity contribution in [2.75, 3.05) is 11.9 Å². The molecular weight excluding hydrogens is 268 g/mol. The van der Waals surface area contributed by atoms with E-state index in [0.29, 0.717) is 23.6 Å². The number of amides is 2. The molecule has 1 aliphatic rings. The lowest BCUT2D eigenvalue weighted by molar-refractivity contribution is -0.153. The zero-order valence-electron chi connectivity index (χ0n) is 10.3. The fraction of sp³-hybridized carbons (Fsp3) is 0.385. The summed E-state index contributed by atoms with van der Waals surface area (Å²) in [5, 5.41) is 15.0. The number of anilines is 1. The molecule has 0 saturated heterocycles. The lowest BCUT2D eigenvalue weighted by Gasteiger charge is -2.37. The number of carboxylic acid groups (broad SMARTS) is 1. The molecule has 6 heteroatoms. The van der Waals surface area contributed by atoms with Crippen molar-refractivity contribution in [1.82, 2.24) is 5.32 Å². The molecule has 2 amide bonds. The van der Waals surface area contributed by atoms with Crippen molar-refractivity contribution >= 4 is 29.3 Å². The Hall–Kier alpha value is -1.75. The van der Waals surface area contributed by atoms with Gasteiger partial charge < -0.3 is 15.7 Å². The number of aliphatic carboxylic acids is 1. The van der Waals surface area contributed by atoms with Gasteiger partial charge in [-0.3, -0.25) is 4.79 Å². The van der Waals surface area contributed by atoms with Crippen molar-refractivity contribution < 1.29 is 14.7 Å². The van der Waals surface area contributed by atoms with Gasteiger partial charge in [0.2, 0.25) is 0 Å². The maximum absolute atomic E-state index is 11.7. The fourth-order valence-electron chi connectivity index (χ4n) is 2.03. The smallest absolute Gasteiger partial charge is 0.319 e. The SMILES string of the molecule is O=C(NCC1(C(=O)O)CCC1)Nc1ccc(Cl)cc1. The Kier molecular flexibility index (Phi) is 3.95. The second-order valence-electron chi connectivity index (χ2n) is 4.75. The Morgan fingerprint density at radius 1 is 1.26 bits per heavy atom. The molecule has 1 aromatic carbocycles. The Morgan fingerprint density at radius 3 is 2.37 bits per heavy atom. The molecule has 3 N–H and O–H groups in total. The van der Waals surface area contributed by atoms with Gasteiger partial charge in [0.25, 0.3) is 0 Å². The quantitative estimate of drug-likeness (QED) is 0.794. The molecule has 1 aliphatic carbocycles. The lowest BCUT2D eigenvalue weighted by Crippen LogP contribution is -2.48. The van der Waals surface area contributed by atoms with Crippen LogP contribution in [0.15, 0.2) is 24.3 Å². The molecule has 0 spiro atoms. The van der Waals surface area contributed by atoms with Crippen LogP contribution in [-0.2, 0) is 4.79 Å². The number of hydrogen-bond acceptors (Lipinski definition) is 2. The average molecular weight is 283 g/mol. The highest BCUT2D eigenvalue weighted by Gasteiger charge is 2.44. The zero-order chi connectivity index (χ0) is 13.9. The number of urea groups is 1. The van der Waals surface area contributed by atoms with Crippen molar-refractivity contribution in [2.45, 2.75) is 19.3 Å². The van der Waals surface area contributed by atoms with E-state index < -0.39 is 17.4 Å². The van der Waals surface area contributed by atoms with Gasteiger partial charge in [0.05, 0.1) is 5.41 Å². The zero-order valence-corrected chi connectivity index (χ0v) is 11.0. The minimum Gasteiger partial charge on any atom is -0.481 e. The van der Waals surface area contributed by atoms with Gasteiger partial charge in [-0.15, -0.1) is 0 Å². The van der Waals surface area contributed by atoms with E-state index in [1.807, 2.05) is 0 Å². The number of carboxylic acids is 1. The third kappa shape index (κ3) is 3.17. The van der Waals surface area contributed by atoms with Gasteiger partial charge in [0.15, 0.2) is 0 Å². The van der Waals surface area contributed by atoms with E-state index in [4.69, 9.17) is 16.7 Å². The summed E-state index contributed by atoms with van der Waals surface area (Å²) in [4.78, 5) is 22.8. The number of halogens is 1. The Morgan fingerprint density at radius 2 is 1.89 bits per heavy atom. The normalized spacial score (nSPS) is 16.3. The van der Waals surface area contributed by atoms with E-state index in [-0.39, 0.29) is 6.54 Å². The van der Waals surface area contributed by atoms with Crippen molar-refractivity contribution in [2.24, 2.45) is 5.41 Å². The predicted octanol–water partition coefficient (Wildman–Crippen LogP) is 2.72. The molecule has 1 aromatic rings. The number of carbonyl (C=O) groups is 2. The highest BCUT2D eigenvalue weighted by Crippen LogP contribution is 2.40. The molecule has 1 saturated carbocycles. The highest BCUT2D eigenvalue weighted by atomic mass is 35.5. The van der Waals surface area contributed by atoms with Crippen LogP contribution in [0.4, 0.5) is 10.5 Å². The minimum absolute atomic E-state index is 0.155. The molecule has 0 radical (unpaired) electrons. The molecule has 0 heterocycles. The predicted molar refractivity (Wildman–Crippen MR) is 72.4 cm³/mol. The summed E-state index contributed by atoms with van der Waals surface area (Å²) in [6, 6.07) is 6.29. The van der Waals surface area contributed by atoms with Gasteiger partial charge in [-0.05, 0) is 37.1 Å². The van der Waals surface area contributed by atoms with Crippen LogP contribution in [-0.4, -0.2) is 23.7 Å². The van der Waals surface area contributed by atoms with E-state index in [1.165, 1.54) is 0 Å². The third-order valence-corrected chi connectivity index (χ3v) is 3.71. The van der Waals surface area contributed by atoms with E-state index >= 15 is 0 Å². The number of rotatable bonds is 4. The van der Waals surface area contributed by atoms with Crippen LogP contribution in [0.5, 0.6) is 0 Å². The number of benzene rings is 1. The first-order valence-electron chi connectivity index (χ1n) is 6.06. The van der Waals surface area contributed by atoms with Crippen LogP contribution in [0, 0.1) is 5.41 Å². The molecule has 19 heavy (non-hydrogen) atoms. The first-order chi connectivity index (χ1) is 9.02. The van der Waals surface area contributed by atoms with Crippen molar-refractivity contribution in [3.05, 3.63) is 29.3 Å². The largest absolute Gasteiger partial charge is 0.481 e. The summed E-state index contributed by atoms with van der Waals surface area (Å²) in [5.74, 6) is -0.842.